The molecular weight excluding hydrogens is 252 g/mol. The Morgan fingerprint density at radius 3 is 2.68 bits per heavy atom. The van der Waals surface area contributed by atoms with Gasteiger partial charge in [0, 0.05) is 7.11 Å². The van der Waals surface area contributed by atoms with Gasteiger partial charge in [-0.3, -0.25) is 4.79 Å². The average Bonchev–Trinajstić information content (AvgIpc) is 2.37. The number of ether oxygens (including phenoxy) is 2. The number of nitrogen functional groups attached to an aromatic ring is 1. The van der Waals surface area contributed by atoms with E-state index in [4.69, 9.17) is 20.3 Å². The SMILES string of the molecule is COCCOCC(=O)Nc1ccc(C(=O)O)cc1N. The number of methoxy groups -OCH3 is 1. The third kappa shape index (κ3) is 4.94. The summed E-state index contributed by atoms with van der Waals surface area (Å²) in [6.07, 6.45) is 0. The van der Waals surface area contributed by atoms with Gasteiger partial charge in [-0.1, -0.05) is 0 Å². The molecule has 0 saturated carbocycles. The highest BCUT2D eigenvalue weighted by Gasteiger charge is 2.09. The summed E-state index contributed by atoms with van der Waals surface area (Å²) < 4.78 is 9.80. The summed E-state index contributed by atoms with van der Waals surface area (Å²) in [6.45, 7) is 0.601. The molecule has 0 bridgehead atoms. The van der Waals surface area contributed by atoms with Gasteiger partial charge in [0.1, 0.15) is 6.61 Å². The Morgan fingerprint density at radius 2 is 2.11 bits per heavy atom. The molecule has 7 nitrogen and oxygen atoms in total. The Morgan fingerprint density at radius 1 is 1.37 bits per heavy atom. The van der Waals surface area contributed by atoms with Crippen molar-refractivity contribution < 1.29 is 24.2 Å². The highest BCUT2D eigenvalue weighted by atomic mass is 16.5. The molecule has 1 rings (SSSR count). The minimum Gasteiger partial charge on any atom is -0.478 e. The molecule has 4 N–H and O–H groups in total. The maximum absolute atomic E-state index is 11.5. The number of hydrogen-bond donors (Lipinski definition) is 3. The summed E-state index contributed by atoms with van der Waals surface area (Å²) in [5.41, 5.74) is 6.24. The van der Waals surface area contributed by atoms with Gasteiger partial charge in [-0.2, -0.15) is 0 Å². The topological polar surface area (TPSA) is 111 Å². The maximum atomic E-state index is 11.5. The zero-order chi connectivity index (χ0) is 14.3. The number of carbonyl (C=O) groups is 2. The van der Waals surface area contributed by atoms with E-state index in [0.29, 0.717) is 18.9 Å². The van der Waals surface area contributed by atoms with Crippen LogP contribution in [0.5, 0.6) is 0 Å². The van der Waals surface area contributed by atoms with E-state index in [1.165, 1.54) is 25.3 Å². The fourth-order valence-corrected chi connectivity index (χ4v) is 1.30. The number of aromatic carboxylic acids is 1. The lowest BCUT2D eigenvalue weighted by molar-refractivity contribution is -0.121. The molecule has 0 heterocycles. The van der Waals surface area contributed by atoms with Crippen LogP contribution >= 0.6 is 0 Å². The monoisotopic (exact) mass is 268 g/mol. The van der Waals surface area contributed by atoms with Crippen molar-refractivity contribution in [3.63, 3.8) is 0 Å². The second-order valence-electron chi connectivity index (χ2n) is 3.70. The van der Waals surface area contributed by atoms with Crippen LogP contribution < -0.4 is 11.1 Å². The molecule has 0 aliphatic heterocycles. The van der Waals surface area contributed by atoms with Gasteiger partial charge in [-0.15, -0.1) is 0 Å². The second kappa shape index (κ2) is 7.34. The molecule has 0 aliphatic carbocycles. The van der Waals surface area contributed by atoms with Gasteiger partial charge < -0.3 is 25.6 Å². The van der Waals surface area contributed by atoms with E-state index in [-0.39, 0.29) is 23.8 Å². The quantitative estimate of drug-likeness (QED) is 0.492. The van der Waals surface area contributed by atoms with E-state index in [2.05, 4.69) is 5.32 Å². The summed E-state index contributed by atoms with van der Waals surface area (Å²) in [5, 5.41) is 11.3. The normalized spacial score (nSPS) is 10.2. The first-order chi connectivity index (χ1) is 9.04. The number of nitrogens with two attached hydrogens (primary N) is 1. The third-order valence-corrected chi connectivity index (χ3v) is 2.24. The fraction of sp³-hybridized carbons (Fsp3) is 0.333. The molecule has 1 amide bonds. The van der Waals surface area contributed by atoms with Crippen LogP contribution in [0.2, 0.25) is 0 Å². The lowest BCUT2D eigenvalue weighted by Crippen LogP contribution is -2.20. The van der Waals surface area contributed by atoms with Crippen LogP contribution in [-0.4, -0.2) is 43.9 Å². The number of amides is 1. The van der Waals surface area contributed by atoms with E-state index in [1.807, 2.05) is 0 Å². The molecule has 1 aromatic carbocycles. The van der Waals surface area contributed by atoms with Crippen LogP contribution in [-0.2, 0) is 14.3 Å². The Labute approximate surface area is 110 Å². The summed E-state index contributed by atoms with van der Waals surface area (Å²) in [6, 6.07) is 4.08. The van der Waals surface area contributed by atoms with Crippen LogP contribution in [0.15, 0.2) is 18.2 Å². The lowest BCUT2D eigenvalue weighted by Gasteiger charge is -2.09. The third-order valence-electron chi connectivity index (χ3n) is 2.24. The van der Waals surface area contributed by atoms with Crippen molar-refractivity contribution in [3.8, 4) is 0 Å². The van der Waals surface area contributed by atoms with Crippen molar-refractivity contribution in [3.05, 3.63) is 23.8 Å². The highest BCUT2D eigenvalue weighted by molar-refractivity contribution is 5.96. The smallest absolute Gasteiger partial charge is 0.335 e. The summed E-state index contributed by atoms with van der Waals surface area (Å²) in [4.78, 5) is 22.2. The van der Waals surface area contributed by atoms with Gasteiger partial charge >= 0.3 is 5.97 Å². The predicted octanol–water partition coefficient (Wildman–Crippen LogP) is 0.568. The summed E-state index contributed by atoms with van der Waals surface area (Å²) in [7, 11) is 1.54. The number of benzene rings is 1. The van der Waals surface area contributed by atoms with Crippen LogP contribution in [0.3, 0.4) is 0 Å². The zero-order valence-electron chi connectivity index (χ0n) is 10.5. The first kappa shape index (κ1) is 14.9. The molecular formula is C12H16N2O5. The zero-order valence-corrected chi connectivity index (χ0v) is 10.5. The molecule has 0 spiro atoms. The number of rotatable bonds is 7. The molecule has 7 heteroatoms. The van der Waals surface area contributed by atoms with Gasteiger partial charge in [-0.25, -0.2) is 4.79 Å². The van der Waals surface area contributed by atoms with Crippen molar-refractivity contribution in [1.82, 2.24) is 0 Å². The first-order valence-corrected chi connectivity index (χ1v) is 5.54. The highest BCUT2D eigenvalue weighted by Crippen LogP contribution is 2.19. The molecule has 0 fully saturated rings. The fourth-order valence-electron chi connectivity index (χ4n) is 1.30. The van der Waals surface area contributed by atoms with Crippen molar-refractivity contribution in [1.29, 1.82) is 0 Å². The molecule has 104 valence electrons. The number of nitrogens with one attached hydrogen (secondary N) is 1. The molecule has 0 aliphatic rings. The number of carboxylic acids is 1. The van der Waals surface area contributed by atoms with Gasteiger partial charge in [0.05, 0.1) is 30.2 Å². The van der Waals surface area contributed by atoms with Crippen molar-refractivity contribution in [2.75, 3.05) is 38.0 Å². The molecule has 0 saturated heterocycles. The Kier molecular flexibility index (Phi) is 5.77. The maximum Gasteiger partial charge on any atom is 0.335 e. The Balaban J connectivity index is 2.52. The van der Waals surface area contributed by atoms with Crippen LogP contribution in [0, 0.1) is 0 Å². The number of hydrogen-bond acceptors (Lipinski definition) is 5. The lowest BCUT2D eigenvalue weighted by atomic mass is 10.2. The van der Waals surface area contributed by atoms with E-state index < -0.39 is 5.97 Å². The largest absolute Gasteiger partial charge is 0.478 e. The van der Waals surface area contributed by atoms with Crippen LogP contribution in [0.1, 0.15) is 10.4 Å². The van der Waals surface area contributed by atoms with E-state index >= 15 is 0 Å². The van der Waals surface area contributed by atoms with E-state index in [1.54, 1.807) is 0 Å². The van der Waals surface area contributed by atoms with Crippen molar-refractivity contribution >= 4 is 23.3 Å². The van der Waals surface area contributed by atoms with Crippen molar-refractivity contribution in [2.24, 2.45) is 0 Å². The molecule has 0 radical (unpaired) electrons. The minimum atomic E-state index is -1.08. The number of anilines is 2. The Hall–Kier alpha value is -2.12. The van der Waals surface area contributed by atoms with Gasteiger partial charge in [-0.05, 0) is 18.2 Å². The molecule has 1 aromatic rings. The van der Waals surface area contributed by atoms with Crippen LogP contribution in [0.4, 0.5) is 11.4 Å². The van der Waals surface area contributed by atoms with Crippen molar-refractivity contribution in [2.45, 2.75) is 0 Å². The van der Waals surface area contributed by atoms with E-state index in [0.717, 1.165) is 0 Å². The molecule has 19 heavy (non-hydrogen) atoms. The van der Waals surface area contributed by atoms with Gasteiger partial charge in [0.25, 0.3) is 0 Å². The molecule has 0 aromatic heterocycles. The molecule has 0 unspecified atom stereocenters. The number of carbonyl (C=O) groups excluding carboxylic acids is 1. The summed E-state index contributed by atoms with van der Waals surface area (Å²) in [5.74, 6) is -1.45. The summed E-state index contributed by atoms with van der Waals surface area (Å²) >= 11 is 0. The minimum absolute atomic E-state index is 0.0619. The predicted molar refractivity (Wildman–Crippen MR) is 69.1 cm³/mol. The number of carboxylic acid groups (broad SMARTS) is 1. The van der Waals surface area contributed by atoms with Crippen LogP contribution in [0.25, 0.3) is 0 Å². The Bertz CT molecular complexity index is 461. The second-order valence-corrected chi connectivity index (χ2v) is 3.70. The first-order valence-electron chi connectivity index (χ1n) is 5.54. The van der Waals surface area contributed by atoms with Gasteiger partial charge in [0.15, 0.2) is 0 Å². The standard InChI is InChI=1S/C12H16N2O5/c1-18-4-5-19-7-11(15)14-10-3-2-8(12(16)17)6-9(10)13/h2-3,6H,4-5,7,13H2,1H3,(H,14,15)(H,16,17). The van der Waals surface area contributed by atoms with Gasteiger partial charge in [0.2, 0.25) is 5.91 Å². The average molecular weight is 268 g/mol. The molecule has 0 atom stereocenters. The van der Waals surface area contributed by atoms with E-state index in [9.17, 15) is 9.59 Å².